The van der Waals surface area contributed by atoms with Crippen LogP contribution in [0.15, 0.2) is 23.8 Å². The van der Waals surface area contributed by atoms with Crippen LogP contribution in [0.2, 0.25) is 0 Å². The number of anilines is 1. The van der Waals surface area contributed by atoms with Crippen LogP contribution in [0.25, 0.3) is 0 Å². The van der Waals surface area contributed by atoms with Crippen LogP contribution in [0, 0.1) is 6.92 Å². The normalized spacial score (nSPS) is 27.8. The fraction of sp³-hybridized carbons (Fsp3) is 0.562. The molecular weight excluding hydrogens is 310 g/mol. The molecule has 0 bridgehead atoms. The fourth-order valence-electron chi connectivity index (χ4n) is 3.55. The van der Waals surface area contributed by atoms with Gasteiger partial charge >= 0.3 is 0 Å². The molecule has 0 radical (unpaired) electrons. The van der Waals surface area contributed by atoms with Crippen LogP contribution >= 0.6 is 11.3 Å². The summed E-state index contributed by atoms with van der Waals surface area (Å²) in [5, 5.41) is 6.68. The number of thiazole rings is 1. The molecule has 6 nitrogen and oxygen atoms in total. The minimum Gasteiger partial charge on any atom is -0.371 e. The molecule has 2 fully saturated rings. The van der Waals surface area contributed by atoms with Gasteiger partial charge < -0.3 is 10.1 Å². The molecule has 0 unspecified atom stereocenters. The Bertz CT molecular complexity index is 664. The summed E-state index contributed by atoms with van der Waals surface area (Å²) < 4.78 is 6.18. The van der Waals surface area contributed by atoms with Gasteiger partial charge in [0.05, 0.1) is 29.0 Å². The predicted molar refractivity (Wildman–Crippen MR) is 89.5 cm³/mol. The Morgan fingerprint density at radius 1 is 1.43 bits per heavy atom. The van der Waals surface area contributed by atoms with Gasteiger partial charge in [0.25, 0.3) is 0 Å². The number of hydrogen-bond donors (Lipinski definition) is 1. The number of nitrogens with one attached hydrogen (secondary N) is 1. The highest BCUT2D eigenvalue weighted by Crippen LogP contribution is 2.36. The maximum absolute atomic E-state index is 6.18. The van der Waals surface area contributed by atoms with E-state index in [-0.39, 0.29) is 5.60 Å². The van der Waals surface area contributed by atoms with Gasteiger partial charge in [-0.05, 0) is 19.4 Å². The van der Waals surface area contributed by atoms with Gasteiger partial charge in [0.2, 0.25) is 5.95 Å². The number of likely N-dealkylation sites (tertiary alicyclic amines) is 1. The van der Waals surface area contributed by atoms with E-state index in [0.29, 0.717) is 12.0 Å². The number of ether oxygens (including phenoxy) is 1. The maximum atomic E-state index is 6.18. The van der Waals surface area contributed by atoms with Crippen molar-refractivity contribution in [3.05, 3.63) is 34.5 Å². The number of rotatable bonds is 4. The molecule has 4 heterocycles. The molecule has 4 rings (SSSR count). The first-order valence-electron chi connectivity index (χ1n) is 8.02. The molecule has 0 aliphatic carbocycles. The molecule has 1 N–H and O–H groups in total. The van der Waals surface area contributed by atoms with Crippen molar-refractivity contribution in [1.82, 2.24) is 19.9 Å². The first kappa shape index (κ1) is 15.0. The number of aryl methyl sites for hydroxylation is 1. The summed E-state index contributed by atoms with van der Waals surface area (Å²) >= 11 is 1.72. The topological polar surface area (TPSA) is 63.2 Å². The molecule has 0 aromatic carbocycles. The van der Waals surface area contributed by atoms with Crippen molar-refractivity contribution in [2.45, 2.75) is 38.0 Å². The molecule has 2 aromatic heterocycles. The van der Waals surface area contributed by atoms with E-state index in [1.807, 2.05) is 6.07 Å². The number of aromatic nitrogens is 3. The van der Waals surface area contributed by atoms with Gasteiger partial charge in [0.1, 0.15) is 0 Å². The quantitative estimate of drug-likeness (QED) is 0.925. The number of hydrogen-bond acceptors (Lipinski definition) is 7. The van der Waals surface area contributed by atoms with Gasteiger partial charge in [-0.3, -0.25) is 4.90 Å². The van der Waals surface area contributed by atoms with E-state index in [1.54, 1.807) is 23.7 Å². The van der Waals surface area contributed by atoms with Gasteiger partial charge in [-0.2, -0.15) is 0 Å². The summed E-state index contributed by atoms with van der Waals surface area (Å²) in [4.78, 5) is 15.5. The van der Waals surface area contributed by atoms with E-state index >= 15 is 0 Å². The monoisotopic (exact) mass is 331 g/mol. The average Bonchev–Trinajstić information content (AvgIpc) is 3.24. The van der Waals surface area contributed by atoms with Crippen molar-refractivity contribution < 1.29 is 4.74 Å². The van der Waals surface area contributed by atoms with Crippen LogP contribution in [0.3, 0.4) is 0 Å². The summed E-state index contributed by atoms with van der Waals surface area (Å²) in [6, 6.07) is 2.12. The lowest BCUT2D eigenvalue weighted by Gasteiger charge is -2.23. The molecule has 122 valence electrons. The standard InChI is InChI=1S/C16H21N5OS/c1-12-19-14(10-23-12)8-21-6-3-16(11-21)7-13(9-22-16)20-15-17-4-2-5-18-15/h2,4-5,10,13H,3,6-9,11H2,1H3,(H,17,18,20)/t13-,16-/m0/s1. The Morgan fingerprint density at radius 3 is 3.09 bits per heavy atom. The third kappa shape index (κ3) is 3.36. The molecule has 2 aliphatic rings. The Morgan fingerprint density at radius 2 is 2.30 bits per heavy atom. The molecule has 2 atom stereocenters. The molecule has 7 heteroatoms. The smallest absolute Gasteiger partial charge is 0.222 e. The third-order valence-electron chi connectivity index (χ3n) is 4.56. The van der Waals surface area contributed by atoms with Crippen LogP contribution < -0.4 is 5.32 Å². The fourth-order valence-corrected chi connectivity index (χ4v) is 4.15. The zero-order valence-electron chi connectivity index (χ0n) is 13.2. The molecule has 2 aliphatic heterocycles. The summed E-state index contributed by atoms with van der Waals surface area (Å²) in [5.74, 6) is 0.686. The van der Waals surface area contributed by atoms with Crippen LogP contribution in [0.5, 0.6) is 0 Å². The van der Waals surface area contributed by atoms with Gasteiger partial charge in [-0.15, -0.1) is 11.3 Å². The van der Waals surface area contributed by atoms with Gasteiger partial charge in [-0.25, -0.2) is 15.0 Å². The Hall–Kier alpha value is -1.57. The van der Waals surface area contributed by atoms with Crippen molar-refractivity contribution in [3.63, 3.8) is 0 Å². The Kier molecular flexibility index (Phi) is 4.00. The van der Waals surface area contributed by atoms with Crippen LogP contribution in [-0.2, 0) is 11.3 Å². The van der Waals surface area contributed by atoms with Gasteiger partial charge in [0, 0.05) is 43.8 Å². The predicted octanol–water partition coefficient (Wildman–Crippen LogP) is 2.09. The van der Waals surface area contributed by atoms with E-state index in [1.165, 1.54) is 5.69 Å². The summed E-state index contributed by atoms with van der Waals surface area (Å²) in [6.07, 6.45) is 5.61. The average molecular weight is 331 g/mol. The SMILES string of the molecule is Cc1nc(CN2CC[C@]3(C[C@H](Nc4ncccn4)CO3)C2)cs1. The Labute approximate surface area is 139 Å². The van der Waals surface area contributed by atoms with E-state index in [4.69, 9.17) is 4.74 Å². The minimum atomic E-state index is -0.0164. The maximum Gasteiger partial charge on any atom is 0.222 e. The summed E-state index contributed by atoms with van der Waals surface area (Å²) in [5.41, 5.74) is 1.16. The molecular formula is C16H21N5OS. The highest BCUT2D eigenvalue weighted by molar-refractivity contribution is 7.09. The molecule has 0 amide bonds. The molecule has 23 heavy (non-hydrogen) atoms. The third-order valence-corrected chi connectivity index (χ3v) is 5.38. The van der Waals surface area contributed by atoms with E-state index in [0.717, 1.165) is 44.1 Å². The second kappa shape index (κ2) is 6.14. The van der Waals surface area contributed by atoms with Gasteiger partial charge in [0.15, 0.2) is 0 Å². The lowest BCUT2D eigenvalue weighted by atomic mass is 9.97. The zero-order valence-corrected chi connectivity index (χ0v) is 14.1. The van der Waals surface area contributed by atoms with Crippen LogP contribution in [-0.4, -0.2) is 51.2 Å². The van der Waals surface area contributed by atoms with Crippen molar-refractivity contribution in [3.8, 4) is 0 Å². The lowest BCUT2D eigenvalue weighted by Crippen LogP contribution is -2.33. The van der Waals surface area contributed by atoms with Crippen molar-refractivity contribution >= 4 is 17.3 Å². The van der Waals surface area contributed by atoms with Crippen molar-refractivity contribution in [2.24, 2.45) is 0 Å². The molecule has 1 spiro atoms. The number of nitrogens with zero attached hydrogens (tertiary/aromatic N) is 4. The second-order valence-corrected chi connectivity index (χ2v) is 7.49. The largest absolute Gasteiger partial charge is 0.371 e. The van der Waals surface area contributed by atoms with Crippen molar-refractivity contribution in [2.75, 3.05) is 25.0 Å². The lowest BCUT2D eigenvalue weighted by molar-refractivity contribution is 0.0119. The second-order valence-electron chi connectivity index (χ2n) is 6.43. The highest BCUT2D eigenvalue weighted by Gasteiger charge is 2.45. The van der Waals surface area contributed by atoms with E-state index < -0.39 is 0 Å². The minimum absolute atomic E-state index is 0.0164. The van der Waals surface area contributed by atoms with Crippen LogP contribution in [0.1, 0.15) is 23.5 Å². The van der Waals surface area contributed by atoms with Gasteiger partial charge in [-0.1, -0.05) is 0 Å². The zero-order chi connectivity index (χ0) is 15.7. The molecule has 2 saturated heterocycles. The summed E-state index contributed by atoms with van der Waals surface area (Å²) in [6.45, 7) is 5.77. The van der Waals surface area contributed by atoms with E-state index in [9.17, 15) is 0 Å². The first-order chi connectivity index (χ1) is 11.2. The van der Waals surface area contributed by atoms with E-state index in [2.05, 4.69) is 37.5 Å². The molecule has 0 saturated carbocycles. The van der Waals surface area contributed by atoms with Crippen LogP contribution in [0.4, 0.5) is 5.95 Å². The summed E-state index contributed by atoms with van der Waals surface area (Å²) in [7, 11) is 0. The molecule has 2 aromatic rings. The first-order valence-corrected chi connectivity index (χ1v) is 8.90. The highest BCUT2D eigenvalue weighted by atomic mass is 32.1. The van der Waals surface area contributed by atoms with Crippen molar-refractivity contribution in [1.29, 1.82) is 0 Å². The Balaban J connectivity index is 1.34.